The average Bonchev–Trinajstić information content (AvgIpc) is 3.21. The standard InChI is InChI=1S/C24H23N3O2/c1-15-10-11-16(2)22(12-15)28-14-18-6-4-7-19(13-18)24-26-23(27-29-24)20-8-5-9-21(25)17(20)3/h4-13H,14,25H2,1-3H3. The van der Waals surface area contributed by atoms with Gasteiger partial charge in [-0.15, -0.1) is 0 Å². The van der Waals surface area contributed by atoms with Crippen LogP contribution in [0.1, 0.15) is 22.3 Å². The molecule has 0 atom stereocenters. The maximum absolute atomic E-state index is 6.02. The number of aryl methyl sites for hydroxylation is 2. The minimum absolute atomic E-state index is 0.466. The van der Waals surface area contributed by atoms with Crippen LogP contribution >= 0.6 is 0 Å². The Hall–Kier alpha value is -3.60. The molecular formula is C24H23N3O2. The third-order valence-electron chi connectivity index (χ3n) is 4.95. The molecule has 0 unspecified atom stereocenters. The molecule has 0 fully saturated rings. The molecule has 5 nitrogen and oxygen atoms in total. The second-order valence-corrected chi connectivity index (χ2v) is 7.20. The summed E-state index contributed by atoms with van der Waals surface area (Å²) >= 11 is 0. The highest BCUT2D eigenvalue weighted by Crippen LogP contribution is 2.28. The van der Waals surface area contributed by atoms with Crippen LogP contribution in [0, 0.1) is 20.8 Å². The topological polar surface area (TPSA) is 74.2 Å². The molecule has 1 aromatic heterocycles. The molecule has 0 saturated heterocycles. The molecule has 0 aliphatic carbocycles. The number of nitrogen functional groups attached to an aromatic ring is 1. The molecule has 0 saturated carbocycles. The van der Waals surface area contributed by atoms with Crippen LogP contribution in [0.4, 0.5) is 5.69 Å². The third kappa shape index (κ3) is 3.99. The van der Waals surface area contributed by atoms with Gasteiger partial charge >= 0.3 is 0 Å². The number of hydrogen-bond donors (Lipinski definition) is 1. The molecular weight excluding hydrogens is 362 g/mol. The van der Waals surface area contributed by atoms with Gasteiger partial charge in [0.25, 0.3) is 5.89 Å². The predicted octanol–water partition coefficient (Wildman–Crippen LogP) is 5.49. The molecule has 29 heavy (non-hydrogen) atoms. The molecule has 0 aliphatic heterocycles. The van der Waals surface area contributed by atoms with E-state index in [-0.39, 0.29) is 0 Å². The summed E-state index contributed by atoms with van der Waals surface area (Å²) in [6.07, 6.45) is 0. The van der Waals surface area contributed by atoms with Gasteiger partial charge in [-0.25, -0.2) is 0 Å². The minimum Gasteiger partial charge on any atom is -0.489 e. The average molecular weight is 385 g/mol. The van der Waals surface area contributed by atoms with E-state index in [4.69, 9.17) is 15.0 Å². The fraction of sp³-hybridized carbons (Fsp3) is 0.167. The first-order valence-electron chi connectivity index (χ1n) is 9.50. The van der Waals surface area contributed by atoms with E-state index in [1.165, 1.54) is 5.56 Å². The lowest BCUT2D eigenvalue weighted by molar-refractivity contribution is 0.304. The van der Waals surface area contributed by atoms with Gasteiger partial charge < -0.3 is 15.0 Å². The number of hydrogen-bond acceptors (Lipinski definition) is 5. The number of anilines is 1. The zero-order chi connectivity index (χ0) is 20.4. The number of ether oxygens (including phenoxy) is 1. The molecule has 3 aromatic carbocycles. The fourth-order valence-electron chi connectivity index (χ4n) is 3.16. The van der Waals surface area contributed by atoms with Crippen molar-refractivity contribution in [2.24, 2.45) is 0 Å². The Balaban J connectivity index is 1.55. The summed E-state index contributed by atoms with van der Waals surface area (Å²) in [4.78, 5) is 4.56. The predicted molar refractivity (Wildman–Crippen MR) is 115 cm³/mol. The third-order valence-corrected chi connectivity index (χ3v) is 4.95. The van der Waals surface area contributed by atoms with Crippen LogP contribution in [0.25, 0.3) is 22.8 Å². The number of benzene rings is 3. The summed E-state index contributed by atoms with van der Waals surface area (Å²) in [5, 5.41) is 4.14. The summed E-state index contributed by atoms with van der Waals surface area (Å²) in [5.41, 5.74) is 12.7. The van der Waals surface area contributed by atoms with Crippen LogP contribution in [0.5, 0.6) is 5.75 Å². The quantitative estimate of drug-likeness (QED) is 0.460. The van der Waals surface area contributed by atoms with Gasteiger partial charge in [0.1, 0.15) is 12.4 Å². The van der Waals surface area contributed by atoms with E-state index < -0.39 is 0 Å². The Kier molecular flexibility index (Phi) is 5.04. The number of nitrogens with zero attached hydrogens (tertiary/aromatic N) is 2. The van der Waals surface area contributed by atoms with Gasteiger partial charge in [-0.1, -0.05) is 41.6 Å². The molecule has 4 rings (SSSR count). The first-order chi connectivity index (χ1) is 14.0. The highest BCUT2D eigenvalue weighted by molar-refractivity contribution is 5.69. The summed E-state index contributed by atoms with van der Waals surface area (Å²) in [6, 6.07) is 19.8. The first kappa shape index (κ1) is 18.7. The molecule has 0 bridgehead atoms. The lowest BCUT2D eigenvalue weighted by Crippen LogP contribution is -1.97. The molecule has 1 heterocycles. The summed E-state index contributed by atoms with van der Waals surface area (Å²) in [6.45, 7) is 6.52. The van der Waals surface area contributed by atoms with E-state index in [0.29, 0.717) is 24.0 Å². The van der Waals surface area contributed by atoms with Gasteiger partial charge in [0.05, 0.1) is 0 Å². The van der Waals surface area contributed by atoms with Gasteiger partial charge in [0, 0.05) is 16.8 Å². The molecule has 4 aromatic rings. The van der Waals surface area contributed by atoms with Crippen LogP contribution in [0.15, 0.2) is 65.2 Å². The van der Waals surface area contributed by atoms with Gasteiger partial charge in [0.2, 0.25) is 5.82 Å². The zero-order valence-electron chi connectivity index (χ0n) is 16.8. The Morgan fingerprint density at radius 3 is 2.66 bits per heavy atom. The monoisotopic (exact) mass is 385 g/mol. The van der Waals surface area contributed by atoms with Crippen molar-refractivity contribution in [3.63, 3.8) is 0 Å². The van der Waals surface area contributed by atoms with Gasteiger partial charge in [-0.05, 0) is 67.3 Å². The maximum atomic E-state index is 6.02. The minimum atomic E-state index is 0.466. The second-order valence-electron chi connectivity index (χ2n) is 7.20. The SMILES string of the molecule is Cc1ccc(C)c(OCc2cccc(-c3nc(-c4cccc(N)c4C)no3)c2)c1. The van der Waals surface area contributed by atoms with Gasteiger partial charge in [0.15, 0.2) is 0 Å². The van der Waals surface area contributed by atoms with Crippen molar-refractivity contribution in [1.82, 2.24) is 10.1 Å². The van der Waals surface area contributed by atoms with Crippen LogP contribution in [-0.2, 0) is 6.61 Å². The van der Waals surface area contributed by atoms with Crippen LogP contribution < -0.4 is 10.5 Å². The Morgan fingerprint density at radius 1 is 0.966 bits per heavy atom. The van der Waals surface area contributed by atoms with Crippen molar-refractivity contribution in [1.29, 1.82) is 0 Å². The van der Waals surface area contributed by atoms with Gasteiger partial charge in [-0.2, -0.15) is 4.98 Å². The Labute approximate surface area is 170 Å². The number of aromatic nitrogens is 2. The highest BCUT2D eigenvalue weighted by atomic mass is 16.5. The number of rotatable bonds is 5. The molecule has 146 valence electrons. The number of nitrogens with two attached hydrogens (primary N) is 1. The Bertz CT molecular complexity index is 1160. The van der Waals surface area contributed by atoms with E-state index in [1.807, 2.05) is 56.3 Å². The van der Waals surface area contributed by atoms with Gasteiger partial charge in [-0.3, -0.25) is 0 Å². The van der Waals surface area contributed by atoms with Crippen molar-refractivity contribution in [2.45, 2.75) is 27.4 Å². The highest BCUT2D eigenvalue weighted by Gasteiger charge is 2.14. The smallest absolute Gasteiger partial charge is 0.258 e. The van der Waals surface area contributed by atoms with E-state index in [2.05, 4.69) is 35.3 Å². The van der Waals surface area contributed by atoms with Crippen LogP contribution in [0.2, 0.25) is 0 Å². The van der Waals surface area contributed by atoms with E-state index in [1.54, 1.807) is 0 Å². The van der Waals surface area contributed by atoms with E-state index in [0.717, 1.165) is 33.6 Å². The largest absolute Gasteiger partial charge is 0.489 e. The van der Waals surface area contributed by atoms with Crippen molar-refractivity contribution < 1.29 is 9.26 Å². The van der Waals surface area contributed by atoms with Crippen molar-refractivity contribution in [3.05, 3.63) is 82.9 Å². The molecule has 0 aliphatic rings. The molecule has 0 spiro atoms. The van der Waals surface area contributed by atoms with Crippen LogP contribution in [-0.4, -0.2) is 10.1 Å². The molecule has 0 radical (unpaired) electrons. The zero-order valence-corrected chi connectivity index (χ0v) is 16.8. The van der Waals surface area contributed by atoms with Crippen molar-refractivity contribution in [3.8, 4) is 28.6 Å². The fourth-order valence-corrected chi connectivity index (χ4v) is 3.16. The molecule has 5 heteroatoms. The summed E-state index contributed by atoms with van der Waals surface area (Å²) in [7, 11) is 0. The lowest BCUT2D eigenvalue weighted by Gasteiger charge is -2.10. The lowest BCUT2D eigenvalue weighted by atomic mass is 10.1. The normalized spacial score (nSPS) is 10.9. The van der Waals surface area contributed by atoms with Crippen LogP contribution in [0.3, 0.4) is 0 Å². The van der Waals surface area contributed by atoms with Crippen molar-refractivity contribution in [2.75, 3.05) is 5.73 Å². The molecule has 2 N–H and O–H groups in total. The first-order valence-corrected chi connectivity index (χ1v) is 9.50. The Morgan fingerprint density at radius 2 is 1.79 bits per heavy atom. The van der Waals surface area contributed by atoms with E-state index >= 15 is 0 Å². The van der Waals surface area contributed by atoms with E-state index in [9.17, 15) is 0 Å². The second kappa shape index (κ2) is 7.80. The maximum Gasteiger partial charge on any atom is 0.258 e. The molecule has 0 amide bonds. The summed E-state index contributed by atoms with van der Waals surface area (Å²) in [5.74, 6) is 1.89. The summed E-state index contributed by atoms with van der Waals surface area (Å²) < 4.78 is 11.5. The van der Waals surface area contributed by atoms with Crippen molar-refractivity contribution >= 4 is 5.69 Å².